The smallest absolute Gasteiger partial charge is 0.239 e. The highest BCUT2D eigenvalue weighted by Gasteiger charge is 2.31. The highest BCUT2D eigenvalue weighted by atomic mass is 32.2. The van der Waals surface area contributed by atoms with E-state index in [1.807, 2.05) is 25.1 Å². The lowest BCUT2D eigenvalue weighted by Gasteiger charge is -2.33. The third-order valence-corrected chi connectivity index (χ3v) is 5.74. The maximum Gasteiger partial charge on any atom is 0.239 e. The van der Waals surface area contributed by atoms with E-state index < -0.39 is 21.9 Å². The number of nitrogens with zero attached hydrogens (tertiary/aromatic N) is 1. The molecule has 1 heterocycles. The lowest BCUT2D eigenvalue weighted by atomic mass is 10.0. The van der Waals surface area contributed by atoms with Gasteiger partial charge in [0, 0.05) is 12.1 Å². The zero-order valence-electron chi connectivity index (χ0n) is 12.7. The molecule has 0 aromatic heterocycles. The largest absolute Gasteiger partial charge is 0.388 e. The Morgan fingerprint density at radius 2 is 2.04 bits per heavy atom. The molecule has 2 aromatic rings. The van der Waals surface area contributed by atoms with Gasteiger partial charge in [0.05, 0.1) is 17.5 Å². The molecule has 0 radical (unpaired) electrons. The minimum atomic E-state index is -3.60. The average Bonchev–Trinajstić information content (AvgIpc) is 2.47. The van der Waals surface area contributed by atoms with Gasteiger partial charge in [0.1, 0.15) is 5.82 Å². The molecule has 0 aliphatic carbocycles. The predicted molar refractivity (Wildman–Crippen MR) is 87.1 cm³/mol. The number of hydrogen-bond acceptors (Lipinski definition) is 3. The van der Waals surface area contributed by atoms with Gasteiger partial charge in [-0.25, -0.2) is 12.8 Å². The Kier molecular flexibility index (Phi) is 4.12. The molecule has 0 fully saturated rings. The van der Waals surface area contributed by atoms with Crippen LogP contribution < -0.4 is 4.31 Å². The molecule has 2 aromatic carbocycles. The van der Waals surface area contributed by atoms with Gasteiger partial charge in [0.15, 0.2) is 0 Å². The third-order valence-electron chi connectivity index (χ3n) is 3.99. The van der Waals surface area contributed by atoms with Crippen molar-refractivity contribution in [3.05, 3.63) is 65.0 Å². The third kappa shape index (κ3) is 3.23. The minimum Gasteiger partial charge on any atom is -0.388 e. The molecule has 0 spiro atoms. The fourth-order valence-electron chi connectivity index (χ4n) is 2.91. The monoisotopic (exact) mass is 335 g/mol. The maximum absolute atomic E-state index is 13.4. The summed E-state index contributed by atoms with van der Waals surface area (Å²) in [5.74, 6) is -0.609. The van der Waals surface area contributed by atoms with Crippen molar-refractivity contribution in [3.63, 3.8) is 0 Å². The van der Waals surface area contributed by atoms with Crippen LogP contribution >= 0.6 is 0 Å². The summed E-state index contributed by atoms with van der Waals surface area (Å²) in [5.41, 5.74) is 2.39. The Morgan fingerprint density at radius 1 is 1.26 bits per heavy atom. The number of benzene rings is 2. The SMILES string of the molecule is Cc1cccc(CS(=O)(=O)N2CCC(O)c3cc(F)ccc32)c1. The van der Waals surface area contributed by atoms with Gasteiger partial charge >= 0.3 is 0 Å². The first kappa shape index (κ1) is 16.0. The van der Waals surface area contributed by atoms with Gasteiger partial charge in [-0.3, -0.25) is 4.31 Å². The van der Waals surface area contributed by atoms with E-state index in [1.54, 1.807) is 6.07 Å². The molecule has 1 atom stereocenters. The molecule has 0 amide bonds. The molecule has 122 valence electrons. The normalized spacial score (nSPS) is 17.9. The Labute approximate surface area is 135 Å². The van der Waals surface area contributed by atoms with E-state index >= 15 is 0 Å². The Morgan fingerprint density at radius 3 is 2.78 bits per heavy atom. The predicted octanol–water partition coefficient (Wildman–Crippen LogP) is 2.91. The molecule has 6 heteroatoms. The molecule has 1 unspecified atom stereocenters. The standard InChI is InChI=1S/C17H18FNO3S/c1-12-3-2-4-13(9-12)11-23(21,22)19-8-7-17(20)15-10-14(18)5-6-16(15)19/h2-6,9-10,17,20H,7-8,11H2,1H3. The van der Waals surface area contributed by atoms with Crippen LogP contribution in [0.4, 0.5) is 10.1 Å². The van der Waals surface area contributed by atoms with Crippen molar-refractivity contribution in [3.8, 4) is 0 Å². The van der Waals surface area contributed by atoms with E-state index in [9.17, 15) is 17.9 Å². The molecular formula is C17H18FNO3S. The van der Waals surface area contributed by atoms with Crippen LogP contribution in [0.3, 0.4) is 0 Å². The number of aliphatic hydroxyl groups excluding tert-OH is 1. The molecular weight excluding hydrogens is 317 g/mol. The average molecular weight is 335 g/mol. The first-order chi connectivity index (χ1) is 10.9. The fraction of sp³-hybridized carbons (Fsp3) is 0.294. The summed E-state index contributed by atoms with van der Waals surface area (Å²) >= 11 is 0. The van der Waals surface area contributed by atoms with Crippen molar-refractivity contribution >= 4 is 15.7 Å². The number of sulfonamides is 1. The summed E-state index contributed by atoms with van der Waals surface area (Å²) in [6.07, 6.45) is -0.588. The molecule has 3 rings (SSSR count). The Bertz CT molecular complexity index is 835. The van der Waals surface area contributed by atoms with E-state index in [1.165, 1.54) is 22.5 Å². The summed E-state index contributed by atoms with van der Waals surface area (Å²) < 4.78 is 40.2. The van der Waals surface area contributed by atoms with Crippen LogP contribution in [-0.2, 0) is 15.8 Å². The maximum atomic E-state index is 13.4. The lowest BCUT2D eigenvalue weighted by molar-refractivity contribution is 0.166. The van der Waals surface area contributed by atoms with Crippen LogP contribution in [0.2, 0.25) is 0 Å². The van der Waals surface area contributed by atoms with Crippen LogP contribution in [0.5, 0.6) is 0 Å². The van der Waals surface area contributed by atoms with E-state index in [0.29, 0.717) is 16.8 Å². The zero-order chi connectivity index (χ0) is 16.6. The number of aliphatic hydroxyl groups is 1. The summed E-state index contributed by atoms with van der Waals surface area (Å²) in [5, 5.41) is 10.0. The lowest BCUT2D eigenvalue weighted by Crippen LogP contribution is -2.37. The summed E-state index contributed by atoms with van der Waals surface area (Å²) in [4.78, 5) is 0. The number of anilines is 1. The van der Waals surface area contributed by atoms with Crippen molar-refractivity contribution in [2.75, 3.05) is 10.8 Å². The first-order valence-electron chi connectivity index (χ1n) is 7.40. The highest BCUT2D eigenvalue weighted by Crippen LogP contribution is 2.36. The quantitative estimate of drug-likeness (QED) is 0.938. The van der Waals surface area contributed by atoms with Gasteiger partial charge < -0.3 is 5.11 Å². The number of hydrogen-bond donors (Lipinski definition) is 1. The van der Waals surface area contributed by atoms with Gasteiger partial charge in [0.25, 0.3) is 0 Å². The van der Waals surface area contributed by atoms with E-state index in [0.717, 1.165) is 5.56 Å². The molecule has 4 nitrogen and oxygen atoms in total. The molecule has 0 saturated carbocycles. The van der Waals surface area contributed by atoms with Gasteiger partial charge in [0.2, 0.25) is 10.0 Å². The topological polar surface area (TPSA) is 57.6 Å². The second-order valence-electron chi connectivity index (χ2n) is 5.83. The van der Waals surface area contributed by atoms with Gasteiger partial charge in [-0.05, 0) is 37.1 Å². The first-order valence-corrected chi connectivity index (χ1v) is 9.01. The second kappa shape index (κ2) is 5.94. The fourth-order valence-corrected chi connectivity index (χ4v) is 4.52. The molecule has 23 heavy (non-hydrogen) atoms. The van der Waals surface area contributed by atoms with Gasteiger partial charge in [-0.15, -0.1) is 0 Å². The highest BCUT2D eigenvalue weighted by molar-refractivity contribution is 7.92. The van der Waals surface area contributed by atoms with E-state index in [4.69, 9.17) is 0 Å². The van der Waals surface area contributed by atoms with Crippen molar-refractivity contribution in [1.82, 2.24) is 0 Å². The molecule has 0 bridgehead atoms. The second-order valence-corrected chi connectivity index (χ2v) is 7.72. The number of aryl methyl sites for hydroxylation is 1. The van der Waals surface area contributed by atoms with Gasteiger partial charge in [-0.1, -0.05) is 29.8 Å². The van der Waals surface area contributed by atoms with Crippen molar-refractivity contribution in [2.24, 2.45) is 0 Å². The number of rotatable bonds is 3. The van der Waals surface area contributed by atoms with Gasteiger partial charge in [-0.2, -0.15) is 0 Å². The Balaban J connectivity index is 1.97. The van der Waals surface area contributed by atoms with Crippen molar-refractivity contribution in [1.29, 1.82) is 0 Å². The summed E-state index contributed by atoms with van der Waals surface area (Å²) in [6.45, 7) is 2.10. The summed E-state index contributed by atoms with van der Waals surface area (Å²) in [6, 6.07) is 11.2. The molecule has 1 N–H and O–H groups in total. The van der Waals surface area contributed by atoms with E-state index in [-0.39, 0.29) is 18.7 Å². The Hall–Kier alpha value is -1.92. The van der Waals surface area contributed by atoms with Crippen molar-refractivity contribution in [2.45, 2.75) is 25.2 Å². The summed E-state index contributed by atoms with van der Waals surface area (Å²) in [7, 11) is -3.60. The van der Waals surface area contributed by atoms with Crippen LogP contribution in [-0.4, -0.2) is 20.1 Å². The minimum absolute atomic E-state index is 0.123. The number of fused-ring (bicyclic) bond motifs is 1. The van der Waals surface area contributed by atoms with Crippen LogP contribution in [0.15, 0.2) is 42.5 Å². The van der Waals surface area contributed by atoms with Crippen molar-refractivity contribution < 1.29 is 17.9 Å². The number of halogens is 1. The zero-order valence-corrected chi connectivity index (χ0v) is 13.6. The van der Waals surface area contributed by atoms with Crippen LogP contribution in [0.1, 0.15) is 29.2 Å². The molecule has 1 aliphatic rings. The molecule has 1 aliphatic heterocycles. The van der Waals surface area contributed by atoms with E-state index in [2.05, 4.69) is 0 Å². The van der Waals surface area contributed by atoms with Crippen LogP contribution in [0, 0.1) is 12.7 Å². The molecule has 0 saturated heterocycles. The van der Waals surface area contributed by atoms with Crippen LogP contribution in [0.25, 0.3) is 0 Å².